The van der Waals surface area contributed by atoms with E-state index in [4.69, 9.17) is 9.47 Å². The number of morpholine rings is 1. The highest BCUT2D eigenvalue weighted by Crippen LogP contribution is 2.35. The Morgan fingerprint density at radius 2 is 2.25 bits per heavy atom. The average Bonchev–Trinajstić information content (AvgIpc) is 2.05. The van der Waals surface area contributed by atoms with E-state index in [1.54, 1.807) is 0 Å². The molecule has 0 saturated carbocycles. The van der Waals surface area contributed by atoms with E-state index in [0.717, 1.165) is 33.0 Å². The molecule has 0 radical (unpaired) electrons. The molecule has 1 unspecified atom stereocenters. The van der Waals surface area contributed by atoms with Crippen LogP contribution in [0.15, 0.2) is 0 Å². The third kappa shape index (κ3) is 1.26. The molecule has 2 aliphatic rings. The number of nitrogens with one attached hydrogen (secondary N) is 1. The molecule has 0 bridgehead atoms. The SMILES string of the molecule is CCC1(C2COCCN2)COC1. The van der Waals surface area contributed by atoms with Gasteiger partial charge in [0.1, 0.15) is 0 Å². The number of hydrogen-bond acceptors (Lipinski definition) is 3. The van der Waals surface area contributed by atoms with Crippen LogP contribution in [0.2, 0.25) is 0 Å². The molecule has 70 valence electrons. The van der Waals surface area contributed by atoms with Crippen molar-refractivity contribution in [3.63, 3.8) is 0 Å². The lowest BCUT2D eigenvalue weighted by molar-refractivity contribution is -0.152. The highest BCUT2D eigenvalue weighted by Gasteiger charge is 2.44. The second-order valence-electron chi connectivity index (χ2n) is 3.79. The van der Waals surface area contributed by atoms with Gasteiger partial charge < -0.3 is 14.8 Å². The molecule has 2 heterocycles. The van der Waals surface area contributed by atoms with Gasteiger partial charge in [-0.2, -0.15) is 0 Å². The van der Waals surface area contributed by atoms with Crippen molar-refractivity contribution in [3.05, 3.63) is 0 Å². The normalized spacial score (nSPS) is 34.2. The average molecular weight is 171 g/mol. The van der Waals surface area contributed by atoms with E-state index in [1.165, 1.54) is 6.42 Å². The third-order valence-corrected chi connectivity index (χ3v) is 3.14. The molecule has 0 aromatic rings. The van der Waals surface area contributed by atoms with E-state index in [1.807, 2.05) is 0 Å². The summed E-state index contributed by atoms with van der Waals surface area (Å²) in [6.45, 7) is 6.76. The van der Waals surface area contributed by atoms with Gasteiger partial charge in [-0.25, -0.2) is 0 Å². The smallest absolute Gasteiger partial charge is 0.0627 e. The van der Waals surface area contributed by atoms with Crippen molar-refractivity contribution in [2.45, 2.75) is 19.4 Å². The maximum Gasteiger partial charge on any atom is 0.0627 e. The van der Waals surface area contributed by atoms with Crippen molar-refractivity contribution in [1.29, 1.82) is 0 Å². The van der Waals surface area contributed by atoms with Crippen LogP contribution in [0.5, 0.6) is 0 Å². The topological polar surface area (TPSA) is 30.5 Å². The second-order valence-corrected chi connectivity index (χ2v) is 3.79. The zero-order valence-electron chi connectivity index (χ0n) is 7.64. The predicted octanol–water partition coefficient (Wildman–Crippen LogP) is 0.401. The standard InChI is InChI=1S/C9H17NO2/c1-2-9(6-12-7-9)8-5-11-4-3-10-8/h8,10H,2-7H2,1H3. The maximum atomic E-state index is 5.45. The Bertz CT molecular complexity index is 145. The van der Waals surface area contributed by atoms with Gasteiger partial charge in [0.25, 0.3) is 0 Å². The Morgan fingerprint density at radius 1 is 1.42 bits per heavy atom. The van der Waals surface area contributed by atoms with Crippen LogP contribution in [-0.4, -0.2) is 39.0 Å². The summed E-state index contributed by atoms with van der Waals surface area (Å²) < 4.78 is 10.7. The van der Waals surface area contributed by atoms with E-state index in [2.05, 4.69) is 12.2 Å². The van der Waals surface area contributed by atoms with Crippen LogP contribution in [0.3, 0.4) is 0 Å². The zero-order chi connectivity index (χ0) is 8.44. The van der Waals surface area contributed by atoms with Crippen LogP contribution >= 0.6 is 0 Å². The van der Waals surface area contributed by atoms with E-state index >= 15 is 0 Å². The van der Waals surface area contributed by atoms with Crippen LogP contribution < -0.4 is 5.32 Å². The van der Waals surface area contributed by atoms with Crippen molar-refractivity contribution >= 4 is 0 Å². The van der Waals surface area contributed by atoms with Gasteiger partial charge in [-0.15, -0.1) is 0 Å². The third-order valence-electron chi connectivity index (χ3n) is 3.14. The summed E-state index contributed by atoms with van der Waals surface area (Å²) in [5, 5.41) is 3.51. The molecule has 12 heavy (non-hydrogen) atoms. The highest BCUT2D eigenvalue weighted by molar-refractivity contribution is 4.96. The van der Waals surface area contributed by atoms with Crippen LogP contribution in [0, 0.1) is 5.41 Å². The zero-order valence-corrected chi connectivity index (χ0v) is 7.64. The largest absolute Gasteiger partial charge is 0.380 e. The van der Waals surface area contributed by atoms with Gasteiger partial charge in [0.2, 0.25) is 0 Å². The number of ether oxygens (including phenoxy) is 2. The van der Waals surface area contributed by atoms with Crippen LogP contribution in [0.25, 0.3) is 0 Å². The van der Waals surface area contributed by atoms with Crippen LogP contribution in [-0.2, 0) is 9.47 Å². The molecule has 3 heteroatoms. The molecule has 0 aromatic carbocycles. The summed E-state index contributed by atoms with van der Waals surface area (Å²) in [7, 11) is 0. The molecule has 0 aliphatic carbocycles. The second kappa shape index (κ2) is 3.32. The highest BCUT2D eigenvalue weighted by atomic mass is 16.5. The first-order valence-electron chi connectivity index (χ1n) is 4.76. The van der Waals surface area contributed by atoms with E-state index in [0.29, 0.717) is 11.5 Å². The minimum Gasteiger partial charge on any atom is -0.380 e. The van der Waals surface area contributed by atoms with Crippen molar-refractivity contribution in [2.75, 3.05) is 33.0 Å². The Kier molecular flexibility index (Phi) is 2.35. The fourth-order valence-corrected chi connectivity index (χ4v) is 1.97. The maximum absolute atomic E-state index is 5.45. The number of hydrogen-bond donors (Lipinski definition) is 1. The lowest BCUT2D eigenvalue weighted by Crippen LogP contribution is -2.60. The molecular formula is C9H17NO2. The minimum absolute atomic E-state index is 0.375. The van der Waals surface area contributed by atoms with Crippen LogP contribution in [0.1, 0.15) is 13.3 Å². The molecular weight excluding hydrogens is 154 g/mol. The Labute approximate surface area is 73.4 Å². The van der Waals surface area contributed by atoms with Gasteiger partial charge in [0.15, 0.2) is 0 Å². The summed E-state index contributed by atoms with van der Waals surface area (Å²) in [5.74, 6) is 0. The van der Waals surface area contributed by atoms with Crippen molar-refractivity contribution in [3.8, 4) is 0 Å². The summed E-state index contributed by atoms with van der Waals surface area (Å²) in [4.78, 5) is 0. The Balaban J connectivity index is 1.95. The molecule has 0 aromatic heterocycles. The molecule has 3 nitrogen and oxygen atoms in total. The van der Waals surface area contributed by atoms with Gasteiger partial charge in [0, 0.05) is 18.0 Å². The first-order valence-corrected chi connectivity index (χ1v) is 4.76. The van der Waals surface area contributed by atoms with Gasteiger partial charge in [-0.05, 0) is 6.42 Å². The molecule has 0 amide bonds. The summed E-state index contributed by atoms with van der Waals surface area (Å²) >= 11 is 0. The molecule has 2 fully saturated rings. The molecule has 1 atom stereocenters. The molecule has 2 aliphatic heterocycles. The van der Waals surface area contributed by atoms with Crippen molar-refractivity contribution in [2.24, 2.45) is 5.41 Å². The van der Waals surface area contributed by atoms with E-state index in [-0.39, 0.29) is 0 Å². The fraction of sp³-hybridized carbons (Fsp3) is 1.00. The fourth-order valence-electron chi connectivity index (χ4n) is 1.97. The van der Waals surface area contributed by atoms with Crippen molar-refractivity contribution in [1.82, 2.24) is 5.32 Å². The monoisotopic (exact) mass is 171 g/mol. The van der Waals surface area contributed by atoms with E-state index in [9.17, 15) is 0 Å². The van der Waals surface area contributed by atoms with E-state index < -0.39 is 0 Å². The molecule has 0 spiro atoms. The summed E-state index contributed by atoms with van der Waals surface area (Å²) in [6, 6.07) is 0.519. The quantitative estimate of drug-likeness (QED) is 0.652. The molecule has 2 saturated heterocycles. The Morgan fingerprint density at radius 3 is 2.67 bits per heavy atom. The number of rotatable bonds is 2. The summed E-state index contributed by atoms with van der Waals surface area (Å²) in [6.07, 6.45) is 1.19. The van der Waals surface area contributed by atoms with Crippen LogP contribution in [0.4, 0.5) is 0 Å². The lowest BCUT2D eigenvalue weighted by atomic mass is 9.76. The van der Waals surface area contributed by atoms with Gasteiger partial charge in [-0.3, -0.25) is 0 Å². The molecule has 1 N–H and O–H groups in total. The first kappa shape index (κ1) is 8.48. The first-order chi connectivity index (χ1) is 5.87. The Hall–Kier alpha value is -0.120. The van der Waals surface area contributed by atoms with Gasteiger partial charge >= 0.3 is 0 Å². The summed E-state index contributed by atoms with van der Waals surface area (Å²) in [5.41, 5.74) is 0.375. The predicted molar refractivity (Wildman–Crippen MR) is 46.2 cm³/mol. The van der Waals surface area contributed by atoms with Crippen molar-refractivity contribution < 1.29 is 9.47 Å². The van der Waals surface area contributed by atoms with Gasteiger partial charge in [0.05, 0.1) is 26.4 Å². The molecule has 2 rings (SSSR count). The lowest BCUT2D eigenvalue weighted by Gasteiger charge is -2.48. The minimum atomic E-state index is 0.375. The van der Waals surface area contributed by atoms with Gasteiger partial charge in [-0.1, -0.05) is 6.92 Å².